The van der Waals surface area contributed by atoms with Crippen LogP contribution < -0.4 is 10.6 Å². The van der Waals surface area contributed by atoms with E-state index in [4.69, 9.17) is 16.3 Å². The summed E-state index contributed by atoms with van der Waals surface area (Å²) >= 11 is 6.88. The average Bonchev–Trinajstić information content (AvgIpc) is 3.02. The highest BCUT2D eigenvalue weighted by atomic mass is 35.5. The summed E-state index contributed by atoms with van der Waals surface area (Å²) in [7, 11) is 0. The Bertz CT molecular complexity index is 884. The van der Waals surface area contributed by atoms with Gasteiger partial charge in [-0.15, -0.1) is 11.3 Å². The molecular formula is C14H11ClN4O6S. The number of non-ortho nitro benzene ring substituents is 1. The van der Waals surface area contributed by atoms with Gasteiger partial charge in [0, 0.05) is 24.4 Å². The molecule has 2 aromatic rings. The summed E-state index contributed by atoms with van der Waals surface area (Å²) in [6.45, 7) is 0.646. The molecular weight excluding hydrogens is 388 g/mol. The van der Waals surface area contributed by atoms with Crippen LogP contribution >= 0.6 is 22.9 Å². The van der Waals surface area contributed by atoms with Crippen molar-refractivity contribution in [1.82, 2.24) is 4.98 Å². The van der Waals surface area contributed by atoms with Gasteiger partial charge in [-0.3, -0.25) is 19.7 Å². The van der Waals surface area contributed by atoms with Crippen LogP contribution in [0.3, 0.4) is 0 Å². The number of hydrogen-bond donors (Lipinski definition) is 2. The fraction of sp³-hybridized carbons (Fsp3) is 0.143. The number of thiazole rings is 1. The minimum Gasteiger partial charge on any atom is -0.451 e. The number of nitro benzene ring substituents is 1. The minimum atomic E-state index is -0.863. The number of ether oxygens (including phenoxy) is 1. The molecule has 1 heterocycles. The second kappa shape index (κ2) is 8.36. The van der Waals surface area contributed by atoms with E-state index in [9.17, 15) is 24.5 Å². The Morgan fingerprint density at radius 2 is 2.08 bits per heavy atom. The second-order valence-electron chi connectivity index (χ2n) is 4.76. The molecule has 0 unspecified atom stereocenters. The number of rotatable bonds is 6. The lowest BCUT2D eigenvalue weighted by Crippen LogP contribution is -2.21. The van der Waals surface area contributed by atoms with Gasteiger partial charge in [0.15, 0.2) is 17.4 Å². The molecule has 1 aromatic carbocycles. The quantitative estimate of drug-likeness (QED) is 0.432. The summed E-state index contributed by atoms with van der Waals surface area (Å²) < 4.78 is 4.80. The molecule has 0 fully saturated rings. The molecule has 1 aromatic heterocycles. The highest BCUT2D eigenvalue weighted by Gasteiger charge is 2.16. The Labute approximate surface area is 155 Å². The normalized spacial score (nSPS) is 10.1. The Kier molecular flexibility index (Phi) is 6.20. The number of carbonyl (C=O) groups is 3. The maximum absolute atomic E-state index is 11.8. The average molecular weight is 399 g/mol. The second-order valence-corrected chi connectivity index (χ2v) is 6.03. The van der Waals surface area contributed by atoms with E-state index in [0.29, 0.717) is 0 Å². The summed E-state index contributed by atoms with van der Waals surface area (Å²) in [6.07, 6.45) is 0. The van der Waals surface area contributed by atoms with Crippen molar-refractivity contribution in [2.75, 3.05) is 17.2 Å². The molecule has 0 aliphatic heterocycles. The molecule has 0 bridgehead atoms. The number of anilines is 2. The van der Waals surface area contributed by atoms with E-state index in [1.54, 1.807) is 0 Å². The van der Waals surface area contributed by atoms with Crippen LogP contribution in [-0.2, 0) is 14.3 Å². The molecule has 0 spiro atoms. The summed E-state index contributed by atoms with van der Waals surface area (Å²) in [5, 5.41) is 17.1. The van der Waals surface area contributed by atoms with Crippen LogP contribution in [0, 0.1) is 10.1 Å². The van der Waals surface area contributed by atoms with Crippen LogP contribution in [0.15, 0.2) is 23.6 Å². The number of nitrogens with zero attached hydrogens (tertiary/aromatic N) is 2. The number of aromatic nitrogens is 1. The molecule has 0 saturated heterocycles. The molecule has 2 rings (SSSR count). The SMILES string of the molecule is CC(=O)Nc1nc(C(=O)OCC(=O)Nc2cc([N+](=O)[O-])ccc2Cl)cs1. The fourth-order valence-electron chi connectivity index (χ4n) is 1.69. The highest BCUT2D eigenvalue weighted by molar-refractivity contribution is 7.14. The Morgan fingerprint density at radius 1 is 1.35 bits per heavy atom. The number of carbonyl (C=O) groups excluding carboxylic acids is 3. The first-order chi connectivity index (χ1) is 12.3. The van der Waals surface area contributed by atoms with Crippen LogP contribution in [-0.4, -0.2) is 34.3 Å². The highest BCUT2D eigenvalue weighted by Crippen LogP contribution is 2.26. The topological polar surface area (TPSA) is 141 Å². The number of benzene rings is 1. The number of nitrogens with one attached hydrogen (secondary N) is 2. The largest absolute Gasteiger partial charge is 0.451 e. The van der Waals surface area contributed by atoms with Crippen LogP contribution in [0.4, 0.5) is 16.5 Å². The monoisotopic (exact) mass is 398 g/mol. The lowest BCUT2D eigenvalue weighted by atomic mass is 10.3. The van der Waals surface area contributed by atoms with E-state index in [-0.39, 0.29) is 33.1 Å². The van der Waals surface area contributed by atoms with Gasteiger partial charge >= 0.3 is 5.97 Å². The lowest BCUT2D eigenvalue weighted by Gasteiger charge is -2.07. The van der Waals surface area contributed by atoms with Crippen molar-refractivity contribution in [2.24, 2.45) is 0 Å². The van der Waals surface area contributed by atoms with Crippen molar-refractivity contribution in [3.05, 3.63) is 44.4 Å². The summed E-state index contributed by atoms with van der Waals surface area (Å²) in [4.78, 5) is 48.5. The van der Waals surface area contributed by atoms with Crippen LogP contribution in [0.1, 0.15) is 17.4 Å². The van der Waals surface area contributed by atoms with Crippen LogP contribution in [0.25, 0.3) is 0 Å². The molecule has 136 valence electrons. The molecule has 0 radical (unpaired) electrons. The van der Waals surface area contributed by atoms with Gasteiger partial charge in [0.25, 0.3) is 11.6 Å². The van der Waals surface area contributed by atoms with Crippen molar-refractivity contribution >= 4 is 57.2 Å². The van der Waals surface area contributed by atoms with E-state index < -0.39 is 23.4 Å². The molecule has 0 aliphatic carbocycles. The lowest BCUT2D eigenvalue weighted by molar-refractivity contribution is -0.384. The number of hydrogen-bond acceptors (Lipinski definition) is 8. The third-order valence-corrected chi connectivity index (χ3v) is 3.85. The standard InChI is InChI=1S/C14H11ClN4O6S/c1-7(20)16-14-18-11(6-26-14)13(22)25-5-12(21)17-10-4-8(19(23)24)2-3-9(10)15/h2-4,6H,5H2,1H3,(H,17,21)(H,16,18,20). The van der Waals surface area contributed by atoms with Crippen LogP contribution in [0.2, 0.25) is 5.02 Å². The van der Waals surface area contributed by atoms with Gasteiger partial charge in [-0.2, -0.15) is 0 Å². The molecule has 0 aliphatic rings. The predicted molar refractivity (Wildman–Crippen MR) is 93.4 cm³/mol. The molecule has 12 heteroatoms. The van der Waals surface area contributed by atoms with Crippen molar-refractivity contribution < 1.29 is 24.0 Å². The van der Waals surface area contributed by atoms with E-state index in [1.807, 2.05) is 0 Å². The van der Waals surface area contributed by atoms with Gasteiger partial charge in [0.2, 0.25) is 5.91 Å². The molecule has 10 nitrogen and oxygen atoms in total. The van der Waals surface area contributed by atoms with Crippen molar-refractivity contribution in [1.29, 1.82) is 0 Å². The first-order valence-corrected chi connectivity index (χ1v) is 8.16. The maximum Gasteiger partial charge on any atom is 0.358 e. The summed E-state index contributed by atoms with van der Waals surface area (Å²) in [6, 6.07) is 3.54. The molecule has 26 heavy (non-hydrogen) atoms. The predicted octanol–water partition coefficient (Wildman–Crippen LogP) is 2.46. The maximum atomic E-state index is 11.8. The summed E-state index contributed by atoms with van der Waals surface area (Å²) in [5.74, 6) is -1.94. The van der Waals surface area contributed by atoms with Gasteiger partial charge < -0.3 is 15.4 Å². The van der Waals surface area contributed by atoms with E-state index in [1.165, 1.54) is 24.4 Å². The summed E-state index contributed by atoms with van der Waals surface area (Å²) in [5.41, 5.74) is -0.307. The molecule has 2 amide bonds. The van der Waals surface area contributed by atoms with E-state index in [0.717, 1.165) is 17.4 Å². The first-order valence-electron chi connectivity index (χ1n) is 6.90. The van der Waals surface area contributed by atoms with Crippen molar-refractivity contribution in [3.63, 3.8) is 0 Å². The fourth-order valence-corrected chi connectivity index (χ4v) is 2.58. The number of esters is 1. The molecule has 0 saturated carbocycles. The Balaban J connectivity index is 1.93. The van der Waals surface area contributed by atoms with Crippen molar-refractivity contribution in [2.45, 2.75) is 6.92 Å². The van der Waals surface area contributed by atoms with E-state index in [2.05, 4.69) is 15.6 Å². The van der Waals surface area contributed by atoms with Gasteiger partial charge in [0.1, 0.15) is 0 Å². The van der Waals surface area contributed by atoms with Gasteiger partial charge in [0.05, 0.1) is 15.6 Å². The number of nitro groups is 1. The van der Waals surface area contributed by atoms with Gasteiger partial charge in [-0.05, 0) is 6.07 Å². The zero-order chi connectivity index (χ0) is 19.3. The zero-order valence-corrected chi connectivity index (χ0v) is 14.7. The van der Waals surface area contributed by atoms with E-state index >= 15 is 0 Å². The first kappa shape index (κ1) is 19.3. The number of halogens is 1. The smallest absolute Gasteiger partial charge is 0.358 e. The molecule has 2 N–H and O–H groups in total. The molecule has 0 atom stereocenters. The Hall–Kier alpha value is -3.05. The van der Waals surface area contributed by atoms with Gasteiger partial charge in [-0.25, -0.2) is 9.78 Å². The van der Waals surface area contributed by atoms with Gasteiger partial charge in [-0.1, -0.05) is 11.6 Å². The Morgan fingerprint density at radius 3 is 2.73 bits per heavy atom. The third kappa shape index (κ3) is 5.22. The zero-order valence-electron chi connectivity index (χ0n) is 13.1. The third-order valence-electron chi connectivity index (χ3n) is 2.77. The van der Waals surface area contributed by atoms with Crippen molar-refractivity contribution in [3.8, 4) is 0 Å². The minimum absolute atomic E-state index is 0.0171. The van der Waals surface area contributed by atoms with Crippen LogP contribution in [0.5, 0.6) is 0 Å². The number of amides is 2.